The van der Waals surface area contributed by atoms with Crippen molar-refractivity contribution in [1.29, 1.82) is 0 Å². The van der Waals surface area contributed by atoms with Crippen molar-refractivity contribution >= 4 is 29.7 Å². The van der Waals surface area contributed by atoms with Gasteiger partial charge in [-0.25, -0.2) is 0 Å². The minimum Gasteiger partial charge on any atom is -0.351 e. The molecule has 5 heteroatoms. The number of hydrogen-bond acceptors (Lipinski definition) is 3. The van der Waals surface area contributed by atoms with E-state index in [9.17, 15) is 4.79 Å². The van der Waals surface area contributed by atoms with Crippen LogP contribution in [0.15, 0.2) is 66.7 Å². The smallest absolute Gasteiger partial charge is 0.237 e. The number of amides is 1. The lowest BCUT2D eigenvalue weighted by Gasteiger charge is -2.16. The molecule has 3 aromatic rings. The third-order valence-electron chi connectivity index (χ3n) is 4.88. The van der Waals surface area contributed by atoms with Gasteiger partial charge in [-0.2, -0.15) is 0 Å². The first kappa shape index (κ1) is 19.6. The summed E-state index contributed by atoms with van der Waals surface area (Å²) in [4.78, 5) is 14.8. The van der Waals surface area contributed by atoms with Crippen LogP contribution in [-0.2, 0) is 24.1 Å². The highest BCUT2D eigenvalue weighted by Crippen LogP contribution is 2.28. The topological polar surface area (TPSA) is 55.1 Å². The Morgan fingerprint density at radius 3 is 2.30 bits per heavy atom. The minimum absolute atomic E-state index is 0. The van der Waals surface area contributed by atoms with Crippen molar-refractivity contribution in [3.8, 4) is 10.4 Å². The standard InChI is InChI=1S/C22H22N2OS.ClH/c23-20(14-19-10-11-21(26-19)15-6-2-1-3-7-15)22(25)24-18-12-16-8-4-5-9-17(16)13-18;/h1-11,18,20H,12-14,23H2,(H,24,25);1H/t20-;/m0./s1. The second kappa shape index (κ2) is 8.70. The van der Waals surface area contributed by atoms with Crippen molar-refractivity contribution in [3.05, 3.63) is 82.7 Å². The number of fused-ring (bicyclic) bond motifs is 1. The van der Waals surface area contributed by atoms with Crippen LogP contribution in [0, 0.1) is 0 Å². The second-order valence-corrected chi connectivity index (χ2v) is 7.99. The summed E-state index contributed by atoms with van der Waals surface area (Å²) in [6, 6.07) is 22.5. The van der Waals surface area contributed by atoms with Crippen molar-refractivity contribution in [1.82, 2.24) is 5.32 Å². The van der Waals surface area contributed by atoms with Gasteiger partial charge in [-0.3, -0.25) is 4.79 Å². The summed E-state index contributed by atoms with van der Waals surface area (Å²) in [5.41, 5.74) is 10.0. The lowest BCUT2D eigenvalue weighted by Crippen LogP contribution is -2.46. The molecule has 0 fully saturated rings. The predicted molar refractivity (Wildman–Crippen MR) is 114 cm³/mol. The van der Waals surface area contributed by atoms with Crippen LogP contribution in [0.1, 0.15) is 16.0 Å². The third-order valence-corrected chi connectivity index (χ3v) is 6.03. The highest BCUT2D eigenvalue weighted by molar-refractivity contribution is 7.15. The van der Waals surface area contributed by atoms with Crippen molar-refractivity contribution in [3.63, 3.8) is 0 Å². The number of nitrogens with two attached hydrogens (primary N) is 1. The van der Waals surface area contributed by atoms with Gasteiger partial charge in [0.2, 0.25) is 5.91 Å². The molecule has 3 nitrogen and oxygen atoms in total. The van der Waals surface area contributed by atoms with Crippen molar-refractivity contribution in [2.45, 2.75) is 31.3 Å². The van der Waals surface area contributed by atoms with Gasteiger partial charge in [0.25, 0.3) is 0 Å². The molecule has 0 bridgehead atoms. The van der Waals surface area contributed by atoms with Gasteiger partial charge in [0.15, 0.2) is 0 Å². The Hall–Kier alpha value is -2.14. The van der Waals surface area contributed by atoms with Gasteiger partial charge in [-0.15, -0.1) is 23.7 Å². The van der Waals surface area contributed by atoms with Crippen LogP contribution >= 0.6 is 23.7 Å². The average molecular weight is 399 g/mol. The Labute approximate surface area is 170 Å². The minimum atomic E-state index is -0.513. The van der Waals surface area contributed by atoms with E-state index in [1.54, 1.807) is 11.3 Å². The number of carbonyl (C=O) groups excluding carboxylic acids is 1. The predicted octanol–water partition coefficient (Wildman–Crippen LogP) is 3.99. The molecule has 0 aliphatic heterocycles. The van der Waals surface area contributed by atoms with Crippen LogP contribution in [0.3, 0.4) is 0 Å². The lowest BCUT2D eigenvalue weighted by molar-refractivity contribution is -0.122. The number of hydrogen-bond donors (Lipinski definition) is 2. The van der Waals surface area contributed by atoms with Crippen LogP contribution in [-0.4, -0.2) is 18.0 Å². The van der Waals surface area contributed by atoms with Gasteiger partial charge in [-0.1, -0.05) is 54.6 Å². The third kappa shape index (κ3) is 4.59. The van der Waals surface area contributed by atoms with E-state index in [0.29, 0.717) is 6.42 Å². The Morgan fingerprint density at radius 2 is 1.63 bits per heavy atom. The van der Waals surface area contributed by atoms with Crippen molar-refractivity contribution < 1.29 is 4.79 Å². The molecule has 2 aromatic carbocycles. The maximum atomic E-state index is 12.5. The highest BCUT2D eigenvalue weighted by atomic mass is 35.5. The molecule has 1 atom stereocenters. The van der Waals surface area contributed by atoms with Crippen LogP contribution in [0.4, 0.5) is 0 Å². The Bertz CT molecular complexity index is 884. The molecule has 0 radical (unpaired) electrons. The molecule has 0 saturated carbocycles. The van der Waals surface area contributed by atoms with Crippen molar-refractivity contribution in [2.75, 3.05) is 0 Å². The molecule has 27 heavy (non-hydrogen) atoms. The normalized spacial score (nSPS) is 14.3. The first-order valence-electron chi connectivity index (χ1n) is 8.96. The van der Waals surface area contributed by atoms with Gasteiger partial charge in [-0.05, 0) is 41.7 Å². The fourth-order valence-electron chi connectivity index (χ4n) is 3.52. The van der Waals surface area contributed by atoms with Crippen LogP contribution in [0.25, 0.3) is 10.4 Å². The van der Waals surface area contributed by atoms with E-state index < -0.39 is 6.04 Å². The zero-order chi connectivity index (χ0) is 17.9. The highest BCUT2D eigenvalue weighted by Gasteiger charge is 2.24. The summed E-state index contributed by atoms with van der Waals surface area (Å²) in [5, 5.41) is 3.12. The zero-order valence-electron chi connectivity index (χ0n) is 14.9. The molecule has 1 aromatic heterocycles. The van der Waals surface area contributed by atoms with E-state index >= 15 is 0 Å². The molecule has 0 unspecified atom stereocenters. The van der Waals surface area contributed by atoms with Gasteiger partial charge in [0.1, 0.15) is 0 Å². The van der Waals surface area contributed by atoms with Crippen LogP contribution in [0.2, 0.25) is 0 Å². The summed E-state index contributed by atoms with van der Waals surface area (Å²) in [7, 11) is 0. The van der Waals surface area contributed by atoms with E-state index in [4.69, 9.17) is 5.73 Å². The Balaban J connectivity index is 0.00000210. The summed E-state index contributed by atoms with van der Waals surface area (Å²) in [6.07, 6.45) is 2.36. The van der Waals surface area contributed by atoms with E-state index in [1.807, 2.05) is 18.2 Å². The van der Waals surface area contributed by atoms with Crippen LogP contribution in [0.5, 0.6) is 0 Å². The Kier molecular flexibility index (Phi) is 6.32. The molecular formula is C22H23ClN2OS. The van der Waals surface area contributed by atoms with E-state index in [-0.39, 0.29) is 24.4 Å². The fraction of sp³-hybridized carbons (Fsp3) is 0.227. The van der Waals surface area contributed by atoms with Gasteiger partial charge >= 0.3 is 0 Å². The summed E-state index contributed by atoms with van der Waals surface area (Å²) >= 11 is 1.70. The van der Waals surface area contributed by atoms with Crippen molar-refractivity contribution in [2.24, 2.45) is 5.73 Å². The van der Waals surface area contributed by atoms with E-state index in [0.717, 1.165) is 17.7 Å². The maximum absolute atomic E-state index is 12.5. The van der Waals surface area contributed by atoms with Gasteiger partial charge < -0.3 is 11.1 Å². The summed E-state index contributed by atoms with van der Waals surface area (Å²) in [6.45, 7) is 0. The monoisotopic (exact) mass is 398 g/mol. The molecule has 0 saturated heterocycles. The Morgan fingerprint density at radius 1 is 1.00 bits per heavy atom. The molecule has 3 N–H and O–H groups in total. The molecule has 0 spiro atoms. The van der Waals surface area contributed by atoms with Gasteiger partial charge in [0.05, 0.1) is 6.04 Å². The maximum Gasteiger partial charge on any atom is 0.237 e. The molecule has 1 aliphatic carbocycles. The summed E-state index contributed by atoms with van der Waals surface area (Å²) < 4.78 is 0. The number of rotatable bonds is 5. The van der Waals surface area contributed by atoms with Crippen LogP contribution < -0.4 is 11.1 Å². The molecular weight excluding hydrogens is 376 g/mol. The van der Waals surface area contributed by atoms with E-state index in [2.05, 4.69) is 53.8 Å². The molecule has 1 aliphatic rings. The zero-order valence-corrected chi connectivity index (χ0v) is 16.6. The van der Waals surface area contributed by atoms with E-state index in [1.165, 1.54) is 21.6 Å². The second-order valence-electron chi connectivity index (χ2n) is 6.83. The summed E-state index contributed by atoms with van der Waals surface area (Å²) in [5.74, 6) is -0.0579. The largest absolute Gasteiger partial charge is 0.351 e. The van der Waals surface area contributed by atoms with Gasteiger partial charge in [0, 0.05) is 22.2 Å². The number of carbonyl (C=O) groups is 1. The molecule has 1 heterocycles. The number of thiophene rings is 1. The molecule has 1 amide bonds. The number of halogens is 1. The fourth-order valence-corrected chi connectivity index (χ4v) is 4.60. The molecule has 140 valence electrons. The average Bonchev–Trinajstić information content (AvgIpc) is 3.28. The first-order chi connectivity index (χ1) is 12.7. The number of benzene rings is 2. The first-order valence-corrected chi connectivity index (χ1v) is 9.77. The molecule has 4 rings (SSSR count). The lowest BCUT2D eigenvalue weighted by atomic mass is 10.1. The quantitative estimate of drug-likeness (QED) is 0.682. The number of nitrogens with one attached hydrogen (secondary N) is 1. The SMILES string of the molecule is Cl.N[C@@H](Cc1ccc(-c2ccccc2)s1)C(=O)NC1Cc2ccccc2C1.